The normalized spacial score (nSPS) is 16.0. The van der Waals surface area contributed by atoms with Gasteiger partial charge in [-0.15, -0.1) is 0 Å². The van der Waals surface area contributed by atoms with E-state index in [2.05, 4.69) is 9.98 Å². The predicted molar refractivity (Wildman–Crippen MR) is 133 cm³/mol. The monoisotopic (exact) mass is 478 g/mol. The Morgan fingerprint density at radius 1 is 1.14 bits per heavy atom. The summed E-state index contributed by atoms with van der Waals surface area (Å²) >= 11 is 0. The first-order valence-electron chi connectivity index (χ1n) is 11.3. The number of amidine groups is 1. The van der Waals surface area contributed by atoms with Crippen LogP contribution in [0, 0.1) is 0 Å². The lowest BCUT2D eigenvalue weighted by molar-refractivity contribution is -0.156. The number of esters is 1. The third kappa shape index (κ3) is 8.90. The minimum Gasteiger partial charge on any atom is -0.460 e. The van der Waals surface area contributed by atoms with Gasteiger partial charge in [-0.25, -0.2) is 10.8 Å². The molecule has 0 saturated carbocycles. The molecule has 2 aromatic carbocycles. The van der Waals surface area contributed by atoms with E-state index in [-0.39, 0.29) is 18.5 Å². The first kappa shape index (κ1) is 26.0. The molecule has 9 heteroatoms. The molecule has 4 rings (SSSR count). The van der Waals surface area contributed by atoms with Crippen LogP contribution in [-0.4, -0.2) is 62.2 Å². The smallest absolute Gasteiger partial charge is 0.318 e. The summed E-state index contributed by atoms with van der Waals surface area (Å²) in [6.07, 6.45) is 5.72. The molecule has 1 amide bonds. The molecule has 0 radical (unpaired) electrons. The summed E-state index contributed by atoms with van der Waals surface area (Å²) in [5.74, 6) is 4.83. The van der Waals surface area contributed by atoms with Crippen molar-refractivity contribution in [2.75, 3.05) is 26.9 Å². The molecule has 0 bridgehead atoms. The highest BCUT2D eigenvalue weighted by Crippen LogP contribution is 2.26. The average Bonchev–Trinajstić information content (AvgIpc) is 3.30. The predicted octanol–water partition coefficient (Wildman–Crippen LogP) is 2.83. The Kier molecular flexibility index (Phi) is 10.3. The van der Waals surface area contributed by atoms with Crippen LogP contribution in [0.1, 0.15) is 29.9 Å². The van der Waals surface area contributed by atoms with Crippen molar-refractivity contribution in [1.29, 1.82) is 0 Å². The molecule has 0 atom stereocenters. The van der Waals surface area contributed by atoms with Gasteiger partial charge in [0.1, 0.15) is 18.9 Å². The Morgan fingerprint density at radius 2 is 1.74 bits per heavy atom. The molecule has 1 saturated heterocycles. The summed E-state index contributed by atoms with van der Waals surface area (Å²) in [6.45, 7) is 1.21. The second kappa shape index (κ2) is 13.9. The van der Waals surface area contributed by atoms with Gasteiger partial charge in [0.05, 0.1) is 13.2 Å². The van der Waals surface area contributed by atoms with E-state index in [1.165, 1.54) is 11.3 Å². The van der Waals surface area contributed by atoms with Crippen LogP contribution in [-0.2, 0) is 23.8 Å². The van der Waals surface area contributed by atoms with Gasteiger partial charge < -0.3 is 19.2 Å². The van der Waals surface area contributed by atoms with Crippen molar-refractivity contribution in [3.05, 3.63) is 83.9 Å². The van der Waals surface area contributed by atoms with Gasteiger partial charge in [-0.1, -0.05) is 66.7 Å². The molecule has 184 valence electrons. The fourth-order valence-corrected chi connectivity index (χ4v) is 3.33. The molecule has 0 spiro atoms. The van der Waals surface area contributed by atoms with Crippen LogP contribution in [0.2, 0.25) is 0 Å². The molecule has 2 N–H and O–H groups in total. The van der Waals surface area contributed by atoms with Gasteiger partial charge >= 0.3 is 5.97 Å². The maximum absolute atomic E-state index is 12.6. The topological polar surface area (TPSA) is 116 Å². The van der Waals surface area contributed by atoms with E-state index in [1.54, 1.807) is 13.1 Å². The Hall–Kier alpha value is -3.66. The minimum absolute atomic E-state index is 0.120. The van der Waals surface area contributed by atoms with E-state index < -0.39 is 12.2 Å². The average molecular weight is 479 g/mol. The molecule has 35 heavy (non-hydrogen) atoms. The van der Waals surface area contributed by atoms with Crippen molar-refractivity contribution in [1.82, 2.24) is 5.01 Å². The zero-order valence-corrected chi connectivity index (χ0v) is 19.7. The molecule has 1 fully saturated rings. The van der Waals surface area contributed by atoms with Gasteiger partial charge in [0, 0.05) is 13.5 Å². The number of amides is 1. The van der Waals surface area contributed by atoms with Crippen molar-refractivity contribution in [2.45, 2.75) is 25.0 Å². The summed E-state index contributed by atoms with van der Waals surface area (Å²) in [4.78, 5) is 31.2. The third-order valence-electron chi connectivity index (χ3n) is 4.96. The highest BCUT2D eigenvalue weighted by molar-refractivity contribution is 6.04. The number of ether oxygens (including phenoxy) is 3. The highest BCUT2D eigenvalue weighted by Gasteiger charge is 2.26. The minimum atomic E-state index is -0.448. The van der Waals surface area contributed by atoms with Crippen molar-refractivity contribution in [2.24, 2.45) is 15.8 Å². The summed E-state index contributed by atoms with van der Waals surface area (Å²) in [5, 5.41) is 1.30. The Morgan fingerprint density at radius 3 is 2.31 bits per heavy atom. The molecule has 2 aromatic rings. The summed E-state index contributed by atoms with van der Waals surface area (Å²) < 4.78 is 16.0. The number of aliphatic imine (C=N–C) groups is 2. The molecular weight excluding hydrogens is 448 g/mol. The summed E-state index contributed by atoms with van der Waals surface area (Å²) in [5.41, 5.74) is 1.82. The lowest BCUT2D eigenvalue weighted by atomic mass is 9.91. The molecule has 0 aliphatic carbocycles. The van der Waals surface area contributed by atoms with Gasteiger partial charge in [-0.05, 0) is 23.6 Å². The lowest BCUT2D eigenvalue weighted by Gasteiger charge is -2.18. The van der Waals surface area contributed by atoms with Crippen LogP contribution in [0.4, 0.5) is 0 Å². The van der Waals surface area contributed by atoms with Crippen LogP contribution < -0.4 is 5.84 Å². The number of nitrogens with two attached hydrogens (primary N) is 1. The maximum Gasteiger partial charge on any atom is 0.318 e. The van der Waals surface area contributed by atoms with Crippen molar-refractivity contribution in [3.8, 4) is 0 Å². The number of hydrazine groups is 1. The molecule has 2 aliphatic heterocycles. The highest BCUT2D eigenvalue weighted by atomic mass is 16.7. The number of carbonyl (C=O) groups excluding carboxylic acids is 2. The maximum atomic E-state index is 12.6. The van der Waals surface area contributed by atoms with Gasteiger partial charge in [0.15, 0.2) is 12.1 Å². The van der Waals surface area contributed by atoms with Gasteiger partial charge in [0.25, 0.3) is 0 Å². The van der Waals surface area contributed by atoms with Gasteiger partial charge in [-0.3, -0.25) is 9.59 Å². The van der Waals surface area contributed by atoms with Crippen molar-refractivity contribution in [3.63, 3.8) is 0 Å². The molecule has 2 heterocycles. The summed E-state index contributed by atoms with van der Waals surface area (Å²) in [6, 6.07) is 19.3. The fraction of sp³-hybridized carbons (Fsp3) is 0.308. The lowest BCUT2D eigenvalue weighted by Crippen LogP contribution is -2.24. The Bertz CT molecular complexity index is 993. The van der Waals surface area contributed by atoms with Gasteiger partial charge in [-0.2, -0.15) is 4.99 Å². The number of carbonyl (C=O) groups is 2. The first-order valence-corrected chi connectivity index (χ1v) is 11.3. The van der Waals surface area contributed by atoms with Crippen LogP contribution >= 0.6 is 0 Å². The van der Waals surface area contributed by atoms with E-state index >= 15 is 0 Å². The first-order chi connectivity index (χ1) is 17.0. The van der Waals surface area contributed by atoms with E-state index in [1.807, 2.05) is 66.7 Å². The molecule has 9 nitrogen and oxygen atoms in total. The largest absolute Gasteiger partial charge is 0.460 e. The van der Waals surface area contributed by atoms with Crippen LogP contribution in [0.25, 0.3) is 0 Å². The van der Waals surface area contributed by atoms with Crippen LogP contribution in [0.3, 0.4) is 0 Å². The SMILES string of the molecule is CN(N)C=NC1=NC(=O)CCC=C1.O=C(OCC1OCCO1)C(c1ccccc1)c1ccccc1. The second-order valence-electron chi connectivity index (χ2n) is 7.77. The van der Waals surface area contributed by atoms with Crippen molar-refractivity contribution >= 4 is 24.1 Å². The van der Waals surface area contributed by atoms with E-state index in [0.29, 0.717) is 25.5 Å². The van der Waals surface area contributed by atoms with Crippen molar-refractivity contribution < 1.29 is 23.8 Å². The second-order valence-corrected chi connectivity index (χ2v) is 7.77. The van der Waals surface area contributed by atoms with E-state index in [4.69, 9.17) is 20.1 Å². The third-order valence-corrected chi connectivity index (χ3v) is 4.96. The molecule has 0 aromatic heterocycles. The fourth-order valence-electron chi connectivity index (χ4n) is 3.33. The van der Waals surface area contributed by atoms with Crippen LogP contribution in [0.5, 0.6) is 0 Å². The molecular formula is C26H30N4O5. The molecule has 2 aliphatic rings. The number of hydrogen-bond donors (Lipinski definition) is 1. The number of allylic oxidation sites excluding steroid dienone is 1. The Labute approximate surface area is 204 Å². The zero-order chi connectivity index (χ0) is 24.9. The summed E-state index contributed by atoms with van der Waals surface area (Å²) in [7, 11) is 1.65. The number of hydrogen-bond acceptors (Lipinski definition) is 7. The standard InChI is InChI=1S/C18H18O4.C8H12N4O/c19-18(22-13-16-20-11-12-21-16)17(14-7-3-1-4-8-14)15-9-5-2-6-10-15;1-12(9)6-10-7-4-2-3-5-8(13)11-7/h1-10,16-17H,11-13H2;2,4,6H,3,5,9H2,1H3. The quantitative estimate of drug-likeness (QED) is 0.223. The van der Waals surface area contributed by atoms with E-state index in [9.17, 15) is 9.59 Å². The van der Waals surface area contributed by atoms with Crippen LogP contribution in [0.15, 0.2) is 82.8 Å². The number of nitrogens with zero attached hydrogens (tertiary/aromatic N) is 3. The number of benzene rings is 2. The Balaban J connectivity index is 0.000000225. The van der Waals surface area contributed by atoms with Gasteiger partial charge in [0.2, 0.25) is 5.91 Å². The van der Waals surface area contributed by atoms with E-state index in [0.717, 1.165) is 17.5 Å². The number of rotatable bonds is 6. The zero-order valence-electron chi connectivity index (χ0n) is 19.7. The molecule has 0 unspecified atom stereocenters.